The van der Waals surface area contributed by atoms with Crippen LogP contribution in [-0.4, -0.2) is 48.8 Å². The number of methoxy groups -OCH3 is 2. The molecule has 1 saturated heterocycles. The third-order valence-corrected chi connectivity index (χ3v) is 5.91. The molecule has 152 valence electrons. The van der Waals surface area contributed by atoms with Crippen LogP contribution in [0.2, 0.25) is 0 Å². The van der Waals surface area contributed by atoms with Gasteiger partial charge in [0.1, 0.15) is 0 Å². The lowest BCUT2D eigenvalue weighted by molar-refractivity contribution is -0.114. The first-order valence-corrected chi connectivity index (χ1v) is 9.44. The zero-order chi connectivity index (χ0) is 20.9. The Kier molecular flexibility index (Phi) is 4.41. The lowest BCUT2D eigenvalue weighted by atomic mass is 9.58. The number of aromatic hydroxyl groups is 1. The monoisotopic (exact) mass is 397 g/mol. The molecule has 4 rings (SSSR count). The Bertz CT molecular complexity index is 991. The third-order valence-electron chi connectivity index (χ3n) is 5.91. The summed E-state index contributed by atoms with van der Waals surface area (Å²) in [5.74, 6) is 0.289. The van der Waals surface area contributed by atoms with Crippen molar-refractivity contribution in [3.05, 3.63) is 59.0 Å². The molecule has 7 nitrogen and oxygen atoms in total. The van der Waals surface area contributed by atoms with E-state index in [4.69, 9.17) is 14.2 Å². The summed E-state index contributed by atoms with van der Waals surface area (Å²) < 4.78 is 15.9. The second-order valence-corrected chi connectivity index (χ2v) is 7.33. The number of likely N-dealkylation sites (tertiary alicyclic amines) is 1. The number of nitrogens with zero attached hydrogens (tertiary/aromatic N) is 1. The maximum Gasteiger partial charge on any atom is 0.414 e. The first kappa shape index (κ1) is 19.1. The largest absolute Gasteiger partial charge is 0.504 e. The number of rotatable bonds is 3. The highest BCUT2D eigenvalue weighted by molar-refractivity contribution is 6.05. The second kappa shape index (κ2) is 6.69. The van der Waals surface area contributed by atoms with Crippen LogP contribution < -0.4 is 4.74 Å². The first-order chi connectivity index (χ1) is 13.9. The fourth-order valence-corrected chi connectivity index (χ4v) is 4.80. The number of benzene rings is 1. The summed E-state index contributed by atoms with van der Waals surface area (Å²) in [5.41, 5.74) is 1.95. The molecule has 0 radical (unpaired) electrons. The fraction of sp³-hybridized carbons (Fsp3) is 0.364. The van der Waals surface area contributed by atoms with E-state index in [1.807, 2.05) is 6.07 Å². The van der Waals surface area contributed by atoms with Gasteiger partial charge < -0.3 is 19.3 Å². The van der Waals surface area contributed by atoms with Crippen molar-refractivity contribution in [3.8, 4) is 11.5 Å². The van der Waals surface area contributed by atoms with E-state index < -0.39 is 17.6 Å². The molecule has 0 saturated carbocycles. The number of phenols is 1. The van der Waals surface area contributed by atoms with E-state index in [0.29, 0.717) is 29.9 Å². The SMILES string of the molecule is C=C1C[C@]23C=C(OC)C(=O)C=C2[C@@H](Cc2ccc(OC)c(O)c23)N1C(=O)OCC. The molecule has 1 aromatic rings. The standard InChI is InChI=1S/C22H23NO6/c1-5-29-21(26)23-12(2)10-22-11-18(28-4)16(24)9-14(22)15(23)8-13-6-7-17(27-3)20(25)19(13)22/h6-7,9,11,15,25H,2,5,8,10H2,1,3-4H3/t15-,22+/m1/s1. The average molecular weight is 397 g/mol. The quantitative estimate of drug-likeness (QED) is 0.844. The van der Waals surface area contributed by atoms with E-state index in [1.165, 1.54) is 25.2 Å². The molecular formula is C22H23NO6. The third kappa shape index (κ3) is 2.57. The van der Waals surface area contributed by atoms with Crippen LogP contribution in [0.5, 0.6) is 11.5 Å². The molecule has 3 aliphatic rings. The molecule has 2 atom stereocenters. The van der Waals surface area contributed by atoms with E-state index in [9.17, 15) is 14.7 Å². The molecule has 0 spiro atoms. The number of fused-ring (bicyclic) bond motifs is 1. The van der Waals surface area contributed by atoms with Crippen molar-refractivity contribution < 1.29 is 28.9 Å². The van der Waals surface area contributed by atoms with Gasteiger partial charge in [-0.05, 0) is 42.7 Å². The van der Waals surface area contributed by atoms with Gasteiger partial charge in [-0.3, -0.25) is 9.69 Å². The molecule has 1 aliphatic heterocycles. The Morgan fingerprint density at radius 1 is 1.34 bits per heavy atom. The van der Waals surface area contributed by atoms with Crippen molar-refractivity contribution in [1.29, 1.82) is 0 Å². The van der Waals surface area contributed by atoms with Crippen LogP contribution >= 0.6 is 0 Å². The Morgan fingerprint density at radius 2 is 2.10 bits per heavy atom. The number of piperidine rings is 1. The Balaban J connectivity index is 1.99. The van der Waals surface area contributed by atoms with Crippen molar-refractivity contribution in [1.82, 2.24) is 4.90 Å². The summed E-state index contributed by atoms with van der Waals surface area (Å²) in [6.07, 6.45) is 3.48. The number of amides is 1. The fourth-order valence-electron chi connectivity index (χ4n) is 4.80. The Labute approximate surface area is 168 Å². The van der Waals surface area contributed by atoms with Crippen LogP contribution in [0.3, 0.4) is 0 Å². The number of hydrogen-bond donors (Lipinski definition) is 1. The van der Waals surface area contributed by atoms with Crippen LogP contribution in [-0.2, 0) is 26.1 Å². The lowest BCUT2D eigenvalue weighted by Gasteiger charge is -2.53. The smallest absolute Gasteiger partial charge is 0.414 e. The number of carbonyl (C=O) groups is 2. The normalized spacial score (nSPS) is 24.8. The number of allylic oxidation sites excluding steroid dienone is 3. The van der Waals surface area contributed by atoms with Gasteiger partial charge in [-0.2, -0.15) is 0 Å². The molecule has 29 heavy (non-hydrogen) atoms. The van der Waals surface area contributed by atoms with Crippen LogP contribution in [0.4, 0.5) is 4.79 Å². The minimum Gasteiger partial charge on any atom is -0.504 e. The van der Waals surface area contributed by atoms with Crippen LogP contribution in [0.15, 0.2) is 47.9 Å². The summed E-state index contributed by atoms with van der Waals surface area (Å²) in [4.78, 5) is 26.8. The van der Waals surface area contributed by atoms with Gasteiger partial charge in [0.2, 0.25) is 5.78 Å². The van der Waals surface area contributed by atoms with Crippen molar-refractivity contribution in [2.24, 2.45) is 0 Å². The van der Waals surface area contributed by atoms with E-state index in [1.54, 1.807) is 19.1 Å². The highest BCUT2D eigenvalue weighted by Crippen LogP contribution is 2.57. The summed E-state index contributed by atoms with van der Waals surface area (Å²) in [7, 11) is 2.93. The molecule has 1 fully saturated rings. The molecule has 1 amide bonds. The summed E-state index contributed by atoms with van der Waals surface area (Å²) in [6.45, 7) is 6.09. The minimum absolute atomic E-state index is 0.0211. The zero-order valence-electron chi connectivity index (χ0n) is 16.7. The number of phenolic OH excluding ortho intramolecular Hbond substituents is 1. The summed E-state index contributed by atoms with van der Waals surface area (Å²) in [6, 6.07) is 3.15. The van der Waals surface area contributed by atoms with Crippen LogP contribution in [0.25, 0.3) is 0 Å². The highest BCUT2D eigenvalue weighted by atomic mass is 16.6. The maximum absolute atomic E-state index is 12.7. The molecule has 7 heteroatoms. The van der Waals surface area contributed by atoms with E-state index in [2.05, 4.69) is 6.58 Å². The lowest BCUT2D eigenvalue weighted by Crippen LogP contribution is -2.56. The van der Waals surface area contributed by atoms with E-state index in [-0.39, 0.29) is 23.9 Å². The van der Waals surface area contributed by atoms with E-state index >= 15 is 0 Å². The van der Waals surface area contributed by atoms with Gasteiger partial charge in [-0.15, -0.1) is 0 Å². The van der Waals surface area contributed by atoms with Gasteiger partial charge in [0, 0.05) is 17.7 Å². The molecule has 0 aromatic heterocycles. The Morgan fingerprint density at radius 3 is 2.76 bits per heavy atom. The first-order valence-electron chi connectivity index (χ1n) is 9.44. The molecule has 2 aliphatic carbocycles. The summed E-state index contributed by atoms with van der Waals surface area (Å²) >= 11 is 0. The number of hydrogen-bond acceptors (Lipinski definition) is 6. The average Bonchev–Trinajstić information content (AvgIpc) is 2.68. The van der Waals surface area contributed by atoms with Crippen molar-refractivity contribution >= 4 is 11.9 Å². The highest BCUT2D eigenvalue weighted by Gasteiger charge is 2.55. The molecular weight excluding hydrogens is 374 g/mol. The molecule has 1 aromatic carbocycles. The van der Waals surface area contributed by atoms with E-state index in [0.717, 1.165) is 11.1 Å². The molecule has 1 heterocycles. The van der Waals surface area contributed by atoms with Gasteiger partial charge >= 0.3 is 6.09 Å². The van der Waals surface area contributed by atoms with Crippen LogP contribution in [0, 0.1) is 0 Å². The van der Waals surface area contributed by atoms with Crippen molar-refractivity contribution in [2.75, 3.05) is 20.8 Å². The van der Waals surface area contributed by atoms with Crippen molar-refractivity contribution in [2.45, 2.75) is 31.2 Å². The van der Waals surface area contributed by atoms with Gasteiger partial charge in [0.05, 0.1) is 32.3 Å². The van der Waals surface area contributed by atoms with Crippen LogP contribution in [0.1, 0.15) is 24.5 Å². The van der Waals surface area contributed by atoms with Gasteiger partial charge in [0.15, 0.2) is 17.3 Å². The number of ether oxygens (including phenoxy) is 3. The molecule has 1 N–H and O–H groups in total. The Hall–Kier alpha value is -3.22. The van der Waals surface area contributed by atoms with Gasteiger partial charge in [-0.25, -0.2) is 4.79 Å². The predicted molar refractivity (Wildman–Crippen MR) is 105 cm³/mol. The van der Waals surface area contributed by atoms with Crippen molar-refractivity contribution in [3.63, 3.8) is 0 Å². The molecule has 0 unspecified atom stereocenters. The second-order valence-electron chi connectivity index (χ2n) is 7.33. The number of ketones is 1. The maximum atomic E-state index is 12.7. The predicted octanol–water partition coefficient (Wildman–Crippen LogP) is 2.98. The topological polar surface area (TPSA) is 85.3 Å². The minimum atomic E-state index is -0.851. The zero-order valence-corrected chi connectivity index (χ0v) is 16.7. The van der Waals surface area contributed by atoms with Gasteiger partial charge in [0.25, 0.3) is 0 Å². The molecule has 2 bridgehead atoms. The summed E-state index contributed by atoms with van der Waals surface area (Å²) in [5, 5.41) is 11.0. The van der Waals surface area contributed by atoms with Gasteiger partial charge in [-0.1, -0.05) is 12.6 Å². The number of carbonyl (C=O) groups excluding carboxylic acids is 2.